The molecule has 13 nitrogen and oxygen atoms in total. The maximum atomic E-state index is 13.6. The summed E-state index contributed by atoms with van der Waals surface area (Å²) in [6.45, 7) is 13.7. The molecule has 57 heavy (non-hydrogen) atoms. The van der Waals surface area contributed by atoms with E-state index in [0.717, 1.165) is 133 Å². The second kappa shape index (κ2) is 18.6. The van der Waals surface area contributed by atoms with E-state index < -0.39 is 0 Å². The van der Waals surface area contributed by atoms with Crippen molar-refractivity contribution < 1.29 is 14.4 Å². The Morgan fingerprint density at radius 3 is 2.37 bits per heavy atom. The van der Waals surface area contributed by atoms with Crippen LogP contribution < -0.4 is 26.4 Å². The number of rotatable bonds is 15. The summed E-state index contributed by atoms with van der Waals surface area (Å²) in [5.41, 5.74) is 4.77. The third kappa shape index (κ3) is 9.31. The molecule has 4 aliphatic rings. The summed E-state index contributed by atoms with van der Waals surface area (Å²) in [4.78, 5) is 66.4. The van der Waals surface area contributed by atoms with Crippen molar-refractivity contribution in [1.29, 1.82) is 0 Å². The van der Waals surface area contributed by atoms with Crippen LogP contribution in [0.3, 0.4) is 0 Å². The number of aryl methyl sites for hydroxylation is 1. The highest BCUT2D eigenvalue weighted by Crippen LogP contribution is 2.32. The largest absolute Gasteiger partial charge is 0.371 e. The van der Waals surface area contributed by atoms with Gasteiger partial charge in [0.1, 0.15) is 11.5 Å². The predicted octanol–water partition coefficient (Wildman–Crippen LogP) is 5.42. The van der Waals surface area contributed by atoms with E-state index in [4.69, 9.17) is 4.98 Å². The number of piperidine rings is 1. The number of benzene rings is 1. The molecule has 3 N–H and O–H groups in total. The molecule has 3 fully saturated rings. The molecule has 3 aliphatic heterocycles. The van der Waals surface area contributed by atoms with E-state index in [1.807, 2.05) is 25.1 Å². The van der Waals surface area contributed by atoms with Crippen molar-refractivity contribution in [3.63, 3.8) is 0 Å². The van der Waals surface area contributed by atoms with Gasteiger partial charge in [-0.05, 0) is 94.7 Å². The van der Waals surface area contributed by atoms with Crippen molar-refractivity contribution in [3.8, 4) is 0 Å². The Hall–Kier alpha value is -4.88. The summed E-state index contributed by atoms with van der Waals surface area (Å²) in [6, 6.07) is 9.02. The minimum atomic E-state index is -0.298. The zero-order valence-electron chi connectivity index (χ0n) is 33.9. The minimum absolute atomic E-state index is 0.0445. The molecule has 1 atom stereocenters. The second-order valence-corrected chi connectivity index (χ2v) is 16.2. The topological polar surface area (TPSA) is 145 Å². The summed E-state index contributed by atoms with van der Waals surface area (Å²) >= 11 is 0. The smallest absolute Gasteiger partial charge is 0.263 e. The SMILES string of the molecule is CCCC(C(=O)NC=O)c1ccc(N2CCC(N3CCN(CCCC4=CC=C(Nc5ncc6c(C)c(C(C)=O)c(=O)n(C7CCCC7)c6n5)NC4)CC3)CC2)cc1. The summed E-state index contributed by atoms with van der Waals surface area (Å²) in [5, 5.41) is 9.88. The summed E-state index contributed by atoms with van der Waals surface area (Å²) < 4.78 is 1.75. The van der Waals surface area contributed by atoms with E-state index in [1.165, 1.54) is 18.2 Å². The first-order valence-electron chi connectivity index (χ1n) is 21.1. The fourth-order valence-corrected chi connectivity index (χ4v) is 9.40. The minimum Gasteiger partial charge on any atom is -0.371 e. The average molecular weight is 778 g/mol. The number of aromatic nitrogens is 3. The molecule has 2 amide bonds. The highest BCUT2D eigenvalue weighted by atomic mass is 16.2. The van der Waals surface area contributed by atoms with E-state index in [1.54, 1.807) is 10.8 Å². The van der Waals surface area contributed by atoms with Crippen molar-refractivity contribution in [1.82, 2.24) is 35.0 Å². The van der Waals surface area contributed by atoms with Crippen LogP contribution in [0.4, 0.5) is 11.6 Å². The zero-order valence-corrected chi connectivity index (χ0v) is 33.9. The van der Waals surface area contributed by atoms with Crippen LogP contribution in [-0.2, 0) is 9.59 Å². The molecule has 3 aromatic rings. The van der Waals surface area contributed by atoms with Crippen LogP contribution in [0.1, 0.15) is 112 Å². The average Bonchev–Trinajstić information content (AvgIpc) is 3.76. The lowest BCUT2D eigenvalue weighted by Gasteiger charge is -2.43. The number of anilines is 2. The van der Waals surface area contributed by atoms with Crippen molar-refractivity contribution >= 4 is 40.8 Å². The number of hydrogen-bond acceptors (Lipinski definition) is 11. The number of nitrogens with one attached hydrogen (secondary N) is 3. The number of Topliss-reactive ketones (excluding diaryl/α,β-unsaturated/α-hetero) is 1. The molecular weight excluding hydrogens is 719 g/mol. The molecule has 5 heterocycles. The lowest BCUT2D eigenvalue weighted by Crippen LogP contribution is -2.53. The van der Waals surface area contributed by atoms with Crippen molar-refractivity contribution in [2.24, 2.45) is 0 Å². The molecule has 0 radical (unpaired) electrons. The molecule has 0 bridgehead atoms. The lowest BCUT2D eigenvalue weighted by atomic mass is 9.93. The molecule has 1 saturated carbocycles. The van der Waals surface area contributed by atoms with E-state index in [9.17, 15) is 19.2 Å². The fraction of sp³-hybridized carbons (Fsp3) is 0.545. The van der Waals surface area contributed by atoms with Crippen LogP contribution in [0.2, 0.25) is 0 Å². The number of dihydropyridines is 1. The summed E-state index contributed by atoms with van der Waals surface area (Å²) in [5.74, 6) is 0.503. The van der Waals surface area contributed by atoms with E-state index in [2.05, 4.69) is 60.8 Å². The van der Waals surface area contributed by atoms with Crippen LogP contribution in [0, 0.1) is 6.92 Å². The number of carbonyl (C=O) groups excluding carboxylic acids is 3. The molecule has 13 heteroatoms. The van der Waals surface area contributed by atoms with E-state index >= 15 is 0 Å². The van der Waals surface area contributed by atoms with Gasteiger partial charge in [0.2, 0.25) is 18.3 Å². The molecule has 7 rings (SSSR count). The number of allylic oxidation sites excluding steroid dienone is 2. The molecule has 2 saturated heterocycles. The monoisotopic (exact) mass is 777 g/mol. The van der Waals surface area contributed by atoms with Gasteiger partial charge in [0.25, 0.3) is 5.56 Å². The van der Waals surface area contributed by atoms with Crippen LogP contribution in [0.25, 0.3) is 11.0 Å². The Kier molecular flexibility index (Phi) is 13.1. The van der Waals surface area contributed by atoms with Gasteiger partial charge in [-0.25, -0.2) is 4.98 Å². The van der Waals surface area contributed by atoms with Crippen molar-refractivity contribution in [2.45, 2.75) is 103 Å². The molecule has 1 unspecified atom stereocenters. The molecule has 1 aromatic carbocycles. The van der Waals surface area contributed by atoms with Crippen LogP contribution >= 0.6 is 0 Å². The molecule has 0 spiro atoms. The number of hydrogen-bond donors (Lipinski definition) is 3. The zero-order chi connectivity index (χ0) is 39.9. The number of ketones is 1. The number of piperazine rings is 1. The summed E-state index contributed by atoms with van der Waals surface area (Å²) in [6.07, 6.45) is 16.5. The number of imide groups is 1. The van der Waals surface area contributed by atoms with Gasteiger partial charge in [-0.2, -0.15) is 4.98 Å². The van der Waals surface area contributed by atoms with E-state index in [0.29, 0.717) is 29.6 Å². The number of amides is 2. The molecule has 2 aromatic heterocycles. The Labute approximate surface area is 336 Å². The van der Waals surface area contributed by atoms with Crippen LogP contribution in [-0.4, -0.2) is 101 Å². The number of pyridine rings is 1. The Morgan fingerprint density at radius 2 is 1.72 bits per heavy atom. The van der Waals surface area contributed by atoms with Gasteiger partial charge in [0.05, 0.1) is 11.5 Å². The standard InChI is InChI=1S/C44H59N9O4/c1-4-8-37(42(56)47-29-54)33-13-15-34(16-14-33)51-21-18-35(19-22-51)52-25-23-50(24-26-52)20-7-9-32-12-17-39(45-27-32)48-44-46-28-38-30(2)40(31(3)55)43(57)53(41(38)49-44)36-10-5-6-11-36/h12-17,28-29,35-37,45H,4-11,18-27H2,1-3H3,(H,46,48,49)(H,47,54,56). The van der Waals surface area contributed by atoms with Crippen molar-refractivity contribution in [2.75, 3.05) is 62.6 Å². The Balaban J connectivity index is 0.851. The van der Waals surface area contributed by atoms with Gasteiger partial charge in [-0.1, -0.05) is 50.0 Å². The van der Waals surface area contributed by atoms with Gasteiger partial charge < -0.3 is 20.4 Å². The first-order valence-corrected chi connectivity index (χ1v) is 21.1. The Morgan fingerprint density at radius 1 is 0.982 bits per heavy atom. The Bertz CT molecular complexity index is 2040. The highest BCUT2D eigenvalue weighted by Gasteiger charge is 2.29. The quantitative estimate of drug-likeness (QED) is 0.134. The third-order valence-corrected chi connectivity index (χ3v) is 12.6. The maximum Gasteiger partial charge on any atom is 0.263 e. The number of fused-ring (bicyclic) bond motifs is 1. The predicted molar refractivity (Wildman–Crippen MR) is 225 cm³/mol. The second-order valence-electron chi connectivity index (χ2n) is 16.2. The first kappa shape index (κ1) is 40.3. The highest BCUT2D eigenvalue weighted by molar-refractivity contribution is 5.99. The van der Waals surface area contributed by atoms with Gasteiger partial charge >= 0.3 is 0 Å². The van der Waals surface area contributed by atoms with Gasteiger partial charge in [-0.3, -0.25) is 34.0 Å². The number of nitrogens with zero attached hydrogens (tertiary/aromatic N) is 6. The first-order chi connectivity index (χ1) is 27.7. The van der Waals surface area contributed by atoms with E-state index in [-0.39, 0.29) is 34.8 Å². The molecule has 304 valence electrons. The lowest BCUT2D eigenvalue weighted by molar-refractivity contribution is -0.126. The third-order valence-electron chi connectivity index (χ3n) is 12.6. The van der Waals surface area contributed by atoms with Gasteiger partial charge in [0, 0.05) is 75.2 Å². The van der Waals surface area contributed by atoms with Gasteiger partial charge in [0.15, 0.2) is 5.78 Å². The normalized spacial score (nSPS) is 19.2. The summed E-state index contributed by atoms with van der Waals surface area (Å²) in [7, 11) is 0. The van der Waals surface area contributed by atoms with Crippen LogP contribution in [0.5, 0.6) is 0 Å². The van der Waals surface area contributed by atoms with Crippen molar-refractivity contribution in [3.05, 3.63) is 81.1 Å². The number of carbonyl (C=O) groups is 3. The maximum absolute atomic E-state index is 13.6. The molecule has 1 aliphatic carbocycles. The molecular formula is C44H59N9O4. The van der Waals surface area contributed by atoms with Crippen LogP contribution in [0.15, 0.2) is 58.8 Å². The van der Waals surface area contributed by atoms with Gasteiger partial charge in [-0.15, -0.1) is 0 Å². The fourth-order valence-electron chi connectivity index (χ4n) is 9.40.